The van der Waals surface area contributed by atoms with Gasteiger partial charge in [0.25, 0.3) is 10.0 Å². The number of thiophene rings is 1. The summed E-state index contributed by atoms with van der Waals surface area (Å²) in [4.78, 5) is 0.966. The van der Waals surface area contributed by atoms with Gasteiger partial charge in [-0.05, 0) is 53.3 Å². The Morgan fingerprint density at radius 2 is 2.05 bits per heavy atom. The average Bonchev–Trinajstić information content (AvgIpc) is 2.88. The Hall–Kier alpha value is -1.09. The predicted octanol–water partition coefficient (Wildman–Crippen LogP) is 3.04. The first-order valence-electron chi connectivity index (χ1n) is 6.06. The molecule has 114 valence electrons. The Labute approximate surface area is 136 Å². The molecule has 5 nitrogen and oxygen atoms in total. The molecule has 21 heavy (non-hydrogen) atoms. The number of benzene rings is 1. The lowest BCUT2D eigenvalue weighted by Gasteiger charge is -2.08. The lowest BCUT2D eigenvalue weighted by Crippen LogP contribution is -2.11. The summed E-state index contributed by atoms with van der Waals surface area (Å²) in [5, 5.41) is 2.99. The number of anilines is 1. The summed E-state index contributed by atoms with van der Waals surface area (Å²) in [6, 6.07) is 8.43. The van der Waals surface area contributed by atoms with E-state index in [9.17, 15) is 8.42 Å². The van der Waals surface area contributed by atoms with Crippen molar-refractivity contribution in [3.8, 4) is 5.75 Å². The number of ether oxygens (including phenoxy) is 1. The van der Waals surface area contributed by atoms with Crippen LogP contribution >= 0.6 is 27.3 Å². The van der Waals surface area contributed by atoms with Gasteiger partial charge in [0.05, 0.1) is 17.3 Å². The minimum absolute atomic E-state index is 0.291. The van der Waals surface area contributed by atoms with Crippen LogP contribution in [-0.2, 0) is 16.6 Å². The molecule has 0 bridgehead atoms. The zero-order valence-electron chi connectivity index (χ0n) is 11.5. The van der Waals surface area contributed by atoms with Gasteiger partial charge in [0.15, 0.2) is 0 Å². The van der Waals surface area contributed by atoms with Crippen LogP contribution in [0.15, 0.2) is 39.0 Å². The molecule has 0 spiro atoms. The van der Waals surface area contributed by atoms with Gasteiger partial charge in [0, 0.05) is 11.4 Å². The van der Waals surface area contributed by atoms with E-state index in [1.54, 1.807) is 37.4 Å². The molecule has 1 heterocycles. The van der Waals surface area contributed by atoms with Gasteiger partial charge in [-0.25, -0.2) is 8.42 Å². The third kappa shape index (κ3) is 3.97. The highest BCUT2D eigenvalue weighted by atomic mass is 79.9. The first kappa shape index (κ1) is 16.3. The first-order valence-corrected chi connectivity index (χ1v) is 9.15. The number of nitrogens with one attached hydrogen (secondary N) is 2. The van der Waals surface area contributed by atoms with Crippen molar-refractivity contribution in [3.05, 3.63) is 39.7 Å². The minimum atomic E-state index is -3.57. The SMILES string of the molecule is CNCc1ccc(S(=O)(=O)Nc2ccc(OC)c(Br)c2)s1. The summed E-state index contributed by atoms with van der Waals surface area (Å²) in [6.45, 7) is 0.647. The van der Waals surface area contributed by atoms with E-state index in [1.807, 2.05) is 7.05 Å². The van der Waals surface area contributed by atoms with E-state index in [-0.39, 0.29) is 0 Å². The fraction of sp³-hybridized carbons (Fsp3) is 0.231. The molecule has 2 aromatic rings. The van der Waals surface area contributed by atoms with Gasteiger partial charge in [0.2, 0.25) is 0 Å². The highest BCUT2D eigenvalue weighted by Gasteiger charge is 2.17. The lowest BCUT2D eigenvalue weighted by atomic mass is 10.3. The molecule has 2 rings (SSSR count). The monoisotopic (exact) mass is 390 g/mol. The Balaban J connectivity index is 2.22. The number of halogens is 1. The highest BCUT2D eigenvalue weighted by molar-refractivity contribution is 9.10. The quantitative estimate of drug-likeness (QED) is 0.795. The van der Waals surface area contributed by atoms with Crippen LogP contribution in [-0.4, -0.2) is 22.6 Å². The normalized spacial score (nSPS) is 11.4. The van der Waals surface area contributed by atoms with Crippen LogP contribution in [0.25, 0.3) is 0 Å². The van der Waals surface area contributed by atoms with Crippen LogP contribution in [0.4, 0.5) is 5.69 Å². The van der Waals surface area contributed by atoms with E-state index in [2.05, 4.69) is 26.0 Å². The Bertz CT molecular complexity index is 729. The number of rotatable bonds is 6. The van der Waals surface area contributed by atoms with Crippen LogP contribution in [0.3, 0.4) is 0 Å². The Morgan fingerprint density at radius 1 is 1.29 bits per heavy atom. The van der Waals surface area contributed by atoms with Crippen molar-refractivity contribution < 1.29 is 13.2 Å². The molecule has 0 saturated carbocycles. The van der Waals surface area contributed by atoms with Gasteiger partial charge in [-0.2, -0.15) is 0 Å². The van der Waals surface area contributed by atoms with Crippen LogP contribution in [0, 0.1) is 0 Å². The molecule has 0 aliphatic carbocycles. The van der Waals surface area contributed by atoms with Crippen molar-refractivity contribution in [1.29, 1.82) is 0 Å². The maximum absolute atomic E-state index is 12.3. The zero-order chi connectivity index (χ0) is 15.5. The van der Waals surface area contributed by atoms with Crippen molar-refractivity contribution in [2.45, 2.75) is 10.8 Å². The topological polar surface area (TPSA) is 67.4 Å². The number of sulfonamides is 1. The van der Waals surface area contributed by atoms with E-state index < -0.39 is 10.0 Å². The second-order valence-electron chi connectivity index (χ2n) is 4.21. The zero-order valence-corrected chi connectivity index (χ0v) is 14.7. The van der Waals surface area contributed by atoms with Crippen molar-refractivity contribution in [2.75, 3.05) is 18.9 Å². The van der Waals surface area contributed by atoms with E-state index in [0.717, 1.165) is 4.88 Å². The van der Waals surface area contributed by atoms with Gasteiger partial charge < -0.3 is 10.1 Å². The van der Waals surface area contributed by atoms with E-state index in [4.69, 9.17) is 4.74 Å². The lowest BCUT2D eigenvalue weighted by molar-refractivity contribution is 0.412. The van der Waals surface area contributed by atoms with E-state index in [0.29, 0.717) is 26.7 Å². The third-order valence-electron chi connectivity index (χ3n) is 2.66. The number of hydrogen-bond acceptors (Lipinski definition) is 5. The maximum Gasteiger partial charge on any atom is 0.271 e. The number of methoxy groups -OCH3 is 1. The largest absolute Gasteiger partial charge is 0.496 e. The predicted molar refractivity (Wildman–Crippen MR) is 88.6 cm³/mol. The fourth-order valence-corrected chi connectivity index (χ4v) is 4.66. The summed E-state index contributed by atoms with van der Waals surface area (Å²) in [7, 11) is -0.193. The summed E-state index contributed by atoms with van der Waals surface area (Å²) < 4.78 is 33.3. The summed E-state index contributed by atoms with van der Waals surface area (Å²) in [6.07, 6.45) is 0. The van der Waals surface area contributed by atoms with Gasteiger partial charge in [-0.1, -0.05) is 0 Å². The molecule has 0 amide bonds. The summed E-state index contributed by atoms with van der Waals surface area (Å²) in [5.74, 6) is 0.644. The molecule has 1 aromatic heterocycles. The van der Waals surface area contributed by atoms with Crippen LogP contribution < -0.4 is 14.8 Å². The average molecular weight is 391 g/mol. The van der Waals surface area contributed by atoms with Crippen LogP contribution in [0.5, 0.6) is 5.75 Å². The molecule has 8 heteroatoms. The van der Waals surface area contributed by atoms with Crippen LogP contribution in [0.2, 0.25) is 0 Å². The van der Waals surface area contributed by atoms with Crippen molar-refractivity contribution in [2.24, 2.45) is 0 Å². The Kier molecular flexibility index (Phi) is 5.26. The molecule has 1 aromatic carbocycles. The second-order valence-corrected chi connectivity index (χ2v) is 8.14. The van der Waals surface area contributed by atoms with Gasteiger partial charge in [-0.15, -0.1) is 11.3 Å². The molecule has 0 saturated heterocycles. The van der Waals surface area contributed by atoms with Gasteiger partial charge in [-0.3, -0.25) is 4.72 Å². The second kappa shape index (κ2) is 6.78. The Morgan fingerprint density at radius 3 is 2.67 bits per heavy atom. The molecule has 0 fully saturated rings. The summed E-state index contributed by atoms with van der Waals surface area (Å²) in [5.41, 5.74) is 0.478. The molecule has 0 radical (unpaired) electrons. The molecule has 0 aliphatic rings. The third-order valence-corrected chi connectivity index (χ3v) is 6.23. The molecule has 0 atom stereocenters. The van der Waals surface area contributed by atoms with Crippen LogP contribution in [0.1, 0.15) is 4.88 Å². The molecular weight excluding hydrogens is 376 g/mol. The molecule has 0 unspecified atom stereocenters. The van der Waals surface area contributed by atoms with E-state index >= 15 is 0 Å². The van der Waals surface area contributed by atoms with Crippen molar-refractivity contribution in [1.82, 2.24) is 5.32 Å². The highest BCUT2D eigenvalue weighted by Crippen LogP contribution is 2.30. The fourth-order valence-electron chi connectivity index (χ4n) is 1.71. The summed E-state index contributed by atoms with van der Waals surface area (Å²) >= 11 is 4.58. The van der Waals surface area contributed by atoms with E-state index in [1.165, 1.54) is 11.3 Å². The first-order chi connectivity index (χ1) is 9.96. The molecule has 0 aliphatic heterocycles. The van der Waals surface area contributed by atoms with Gasteiger partial charge in [0.1, 0.15) is 9.96 Å². The smallest absolute Gasteiger partial charge is 0.271 e. The minimum Gasteiger partial charge on any atom is -0.496 e. The number of hydrogen-bond donors (Lipinski definition) is 2. The standard InChI is InChI=1S/C13H15BrN2O3S2/c1-15-8-10-4-6-13(20-10)21(17,18)16-9-3-5-12(19-2)11(14)7-9/h3-7,15-16H,8H2,1-2H3. The molecular formula is C13H15BrN2O3S2. The van der Waals surface area contributed by atoms with Gasteiger partial charge >= 0.3 is 0 Å². The van der Waals surface area contributed by atoms with Crippen molar-refractivity contribution >= 4 is 43.0 Å². The van der Waals surface area contributed by atoms with Crippen molar-refractivity contribution in [3.63, 3.8) is 0 Å². The molecule has 2 N–H and O–H groups in total. The maximum atomic E-state index is 12.3.